The average molecular weight is 264 g/mol. The first-order chi connectivity index (χ1) is 8.62. The summed E-state index contributed by atoms with van der Waals surface area (Å²) in [7, 11) is 0. The monoisotopic (exact) mass is 264 g/mol. The molecule has 5 nitrogen and oxygen atoms in total. The van der Waals surface area contributed by atoms with E-state index in [4.69, 9.17) is 10.8 Å². The minimum absolute atomic E-state index is 0.307. The molecule has 0 aliphatic rings. The largest absolute Gasteiger partial charge is 0.480 e. The van der Waals surface area contributed by atoms with Gasteiger partial charge in [-0.1, -0.05) is 0 Å². The van der Waals surface area contributed by atoms with Gasteiger partial charge in [-0.25, -0.2) is 0 Å². The zero-order valence-electron chi connectivity index (χ0n) is 11.7. The summed E-state index contributed by atoms with van der Waals surface area (Å²) in [6.45, 7) is 6.89. The number of benzene rings is 1. The van der Waals surface area contributed by atoms with Crippen molar-refractivity contribution in [2.24, 2.45) is 0 Å². The highest BCUT2D eigenvalue weighted by molar-refractivity contribution is 5.96. The molecule has 0 aliphatic carbocycles. The molecule has 1 amide bonds. The van der Waals surface area contributed by atoms with Gasteiger partial charge in [0.05, 0.1) is 0 Å². The Morgan fingerprint density at radius 2 is 1.89 bits per heavy atom. The molecule has 0 saturated carbocycles. The number of aliphatic carboxylic acids is 1. The summed E-state index contributed by atoms with van der Waals surface area (Å²) < 4.78 is 0. The van der Waals surface area contributed by atoms with Crippen molar-refractivity contribution in [2.45, 2.75) is 33.2 Å². The topological polar surface area (TPSA) is 83.6 Å². The summed E-state index contributed by atoms with van der Waals surface area (Å²) in [6, 6.07) is 4.95. The molecule has 0 aliphatic heterocycles. The van der Waals surface area contributed by atoms with Crippen LogP contribution in [0.2, 0.25) is 0 Å². The average Bonchev–Trinajstić information content (AvgIpc) is 2.27. The summed E-state index contributed by atoms with van der Waals surface area (Å²) in [5, 5.41) is 8.93. The van der Waals surface area contributed by atoms with Gasteiger partial charge in [0.1, 0.15) is 6.54 Å². The molecule has 1 rings (SSSR count). The predicted octanol–water partition coefficient (Wildman–Crippen LogP) is 1.90. The Morgan fingerprint density at radius 3 is 2.32 bits per heavy atom. The number of hydrogen-bond acceptors (Lipinski definition) is 3. The van der Waals surface area contributed by atoms with E-state index in [1.54, 1.807) is 39.0 Å². The summed E-state index contributed by atoms with van der Waals surface area (Å²) in [5.74, 6) is -1.34. The van der Waals surface area contributed by atoms with Crippen LogP contribution >= 0.6 is 0 Å². The number of aryl methyl sites for hydroxylation is 1. The van der Waals surface area contributed by atoms with Gasteiger partial charge in [0, 0.05) is 16.8 Å². The number of nitrogens with zero attached hydrogens (tertiary/aromatic N) is 1. The first-order valence-electron chi connectivity index (χ1n) is 6.03. The number of amides is 1. The van der Waals surface area contributed by atoms with Crippen LogP contribution in [-0.4, -0.2) is 34.0 Å². The number of hydrogen-bond donors (Lipinski definition) is 2. The lowest BCUT2D eigenvalue weighted by Crippen LogP contribution is -2.48. The highest BCUT2D eigenvalue weighted by Crippen LogP contribution is 2.19. The van der Waals surface area contributed by atoms with Gasteiger partial charge in [0.25, 0.3) is 5.91 Å². The molecule has 0 fully saturated rings. The lowest BCUT2D eigenvalue weighted by Gasteiger charge is -2.34. The molecule has 19 heavy (non-hydrogen) atoms. The van der Waals surface area contributed by atoms with Gasteiger partial charge in [-0.2, -0.15) is 0 Å². The van der Waals surface area contributed by atoms with Gasteiger partial charge in [0.15, 0.2) is 0 Å². The normalized spacial score (nSPS) is 11.2. The maximum Gasteiger partial charge on any atom is 0.323 e. The van der Waals surface area contributed by atoms with E-state index in [0.29, 0.717) is 11.3 Å². The molecule has 0 heterocycles. The zero-order chi connectivity index (χ0) is 14.8. The molecule has 0 spiro atoms. The van der Waals surface area contributed by atoms with Crippen molar-refractivity contribution in [2.75, 3.05) is 12.3 Å². The number of nitrogen functional groups attached to an aromatic ring is 1. The summed E-state index contributed by atoms with van der Waals surface area (Å²) in [4.78, 5) is 24.6. The lowest BCUT2D eigenvalue weighted by molar-refractivity contribution is -0.138. The molecule has 104 valence electrons. The van der Waals surface area contributed by atoms with E-state index in [1.165, 1.54) is 4.90 Å². The maximum atomic E-state index is 12.4. The van der Waals surface area contributed by atoms with E-state index in [1.807, 2.05) is 6.92 Å². The fourth-order valence-corrected chi connectivity index (χ4v) is 1.71. The van der Waals surface area contributed by atoms with Crippen molar-refractivity contribution < 1.29 is 14.7 Å². The SMILES string of the molecule is Cc1cc(C(=O)N(CC(=O)O)C(C)(C)C)ccc1N. The summed E-state index contributed by atoms with van der Waals surface area (Å²) in [5.41, 5.74) is 7.00. The Bertz CT molecular complexity index is 504. The molecule has 0 saturated heterocycles. The predicted molar refractivity (Wildman–Crippen MR) is 74.0 cm³/mol. The summed E-state index contributed by atoms with van der Waals surface area (Å²) >= 11 is 0. The quantitative estimate of drug-likeness (QED) is 0.817. The van der Waals surface area contributed by atoms with E-state index in [2.05, 4.69) is 0 Å². The first-order valence-corrected chi connectivity index (χ1v) is 6.03. The molecule has 0 aromatic heterocycles. The third-order valence-corrected chi connectivity index (χ3v) is 2.87. The summed E-state index contributed by atoms with van der Waals surface area (Å²) in [6.07, 6.45) is 0. The Labute approximate surface area is 113 Å². The van der Waals surface area contributed by atoms with Crippen molar-refractivity contribution in [1.82, 2.24) is 4.90 Å². The molecular weight excluding hydrogens is 244 g/mol. The Morgan fingerprint density at radius 1 is 1.32 bits per heavy atom. The van der Waals surface area contributed by atoms with E-state index in [9.17, 15) is 9.59 Å². The highest BCUT2D eigenvalue weighted by Gasteiger charge is 2.29. The number of carbonyl (C=O) groups excluding carboxylic acids is 1. The molecule has 0 unspecified atom stereocenters. The van der Waals surface area contributed by atoms with Gasteiger partial charge in [0.2, 0.25) is 0 Å². The van der Waals surface area contributed by atoms with Crippen molar-refractivity contribution in [3.8, 4) is 0 Å². The minimum Gasteiger partial charge on any atom is -0.480 e. The van der Waals surface area contributed by atoms with Gasteiger partial charge in [-0.05, 0) is 51.5 Å². The van der Waals surface area contributed by atoms with Gasteiger partial charge in [-0.3, -0.25) is 9.59 Å². The number of carboxylic acids is 1. The first kappa shape index (κ1) is 15.0. The molecule has 0 bridgehead atoms. The fraction of sp³-hybridized carbons (Fsp3) is 0.429. The van der Waals surface area contributed by atoms with E-state index in [0.717, 1.165) is 5.56 Å². The second kappa shape index (κ2) is 5.30. The zero-order valence-corrected chi connectivity index (χ0v) is 11.7. The highest BCUT2D eigenvalue weighted by atomic mass is 16.4. The third-order valence-electron chi connectivity index (χ3n) is 2.87. The second-order valence-corrected chi connectivity index (χ2v) is 5.53. The standard InChI is InChI=1S/C14H20N2O3/c1-9-7-10(5-6-11(9)15)13(19)16(8-12(17)18)14(2,3)4/h5-7H,8,15H2,1-4H3,(H,17,18). The molecule has 3 N–H and O–H groups in total. The van der Waals surface area contributed by atoms with E-state index < -0.39 is 11.5 Å². The molecular formula is C14H20N2O3. The van der Waals surface area contributed by atoms with Crippen LogP contribution in [0, 0.1) is 6.92 Å². The van der Waals surface area contributed by atoms with E-state index in [-0.39, 0.29) is 12.5 Å². The Hall–Kier alpha value is -2.04. The number of rotatable bonds is 3. The number of anilines is 1. The second-order valence-electron chi connectivity index (χ2n) is 5.53. The van der Waals surface area contributed by atoms with Crippen molar-refractivity contribution in [1.29, 1.82) is 0 Å². The smallest absolute Gasteiger partial charge is 0.323 e. The molecule has 0 radical (unpaired) electrons. The van der Waals surface area contributed by atoms with E-state index >= 15 is 0 Å². The molecule has 1 aromatic carbocycles. The number of carboxylic acid groups (broad SMARTS) is 1. The van der Waals surface area contributed by atoms with Crippen molar-refractivity contribution in [3.63, 3.8) is 0 Å². The Kier molecular flexibility index (Phi) is 4.19. The van der Waals surface area contributed by atoms with Crippen LogP contribution in [0.4, 0.5) is 5.69 Å². The Balaban J connectivity index is 3.12. The van der Waals surface area contributed by atoms with Crippen LogP contribution in [0.3, 0.4) is 0 Å². The van der Waals surface area contributed by atoms with Crippen LogP contribution < -0.4 is 5.73 Å². The maximum absolute atomic E-state index is 12.4. The molecule has 0 atom stereocenters. The van der Waals surface area contributed by atoms with Crippen LogP contribution in [0.5, 0.6) is 0 Å². The van der Waals surface area contributed by atoms with Gasteiger partial charge >= 0.3 is 5.97 Å². The van der Waals surface area contributed by atoms with Crippen molar-refractivity contribution in [3.05, 3.63) is 29.3 Å². The molecule has 5 heteroatoms. The van der Waals surface area contributed by atoms with Gasteiger partial charge in [-0.15, -0.1) is 0 Å². The molecule has 1 aromatic rings. The van der Waals surface area contributed by atoms with Gasteiger partial charge < -0.3 is 15.7 Å². The third kappa shape index (κ3) is 3.71. The fourth-order valence-electron chi connectivity index (χ4n) is 1.71. The number of carbonyl (C=O) groups is 2. The van der Waals surface area contributed by atoms with Crippen LogP contribution in [-0.2, 0) is 4.79 Å². The van der Waals surface area contributed by atoms with Crippen LogP contribution in [0.1, 0.15) is 36.7 Å². The lowest BCUT2D eigenvalue weighted by atomic mass is 10.0. The van der Waals surface area contributed by atoms with Crippen LogP contribution in [0.25, 0.3) is 0 Å². The van der Waals surface area contributed by atoms with Crippen molar-refractivity contribution >= 4 is 17.6 Å². The van der Waals surface area contributed by atoms with Crippen LogP contribution in [0.15, 0.2) is 18.2 Å². The minimum atomic E-state index is -1.03. The number of nitrogens with two attached hydrogens (primary N) is 1.